The molecule has 29 heavy (non-hydrogen) atoms. The Morgan fingerprint density at radius 3 is 2.07 bits per heavy atom. The van der Waals surface area contributed by atoms with E-state index in [-0.39, 0.29) is 37.3 Å². The van der Waals surface area contributed by atoms with Crippen molar-refractivity contribution in [2.24, 2.45) is 5.92 Å². The lowest BCUT2D eigenvalue weighted by molar-refractivity contribution is -0.160. The molecule has 0 aromatic rings. The number of carbonyl (C=O) groups excluding carboxylic acids is 1. The Bertz CT molecular complexity index is 506. The predicted molar refractivity (Wildman–Crippen MR) is 118 cm³/mol. The van der Waals surface area contributed by atoms with E-state index in [1.165, 1.54) is 37.9 Å². The molecule has 0 aromatic carbocycles. The lowest BCUT2D eigenvalue weighted by Crippen LogP contribution is -2.54. The van der Waals surface area contributed by atoms with Crippen LogP contribution in [0.2, 0.25) is 0 Å². The number of hydrazine groups is 1. The number of carbonyl (C=O) groups is 2. The van der Waals surface area contributed by atoms with Gasteiger partial charge in [0.1, 0.15) is 6.54 Å². The zero-order chi connectivity index (χ0) is 19.2. The van der Waals surface area contributed by atoms with Crippen LogP contribution in [-0.2, 0) is 9.59 Å². The van der Waals surface area contributed by atoms with E-state index in [2.05, 4.69) is 15.1 Å². The third kappa shape index (κ3) is 7.84. The van der Waals surface area contributed by atoms with Crippen molar-refractivity contribution in [3.8, 4) is 0 Å². The summed E-state index contributed by atoms with van der Waals surface area (Å²) in [6, 6.07) is 0.767. The Balaban J connectivity index is 0.00000210. The number of piperazine rings is 1. The van der Waals surface area contributed by atoms with Gasteiger partial charge in [-0.1, -0.05) is 0 Å². The van der Waals surface area contributed by atoms with Gasteiger partial charge in [0.2, 0.25) is 5.91 Å². The summed E-state index contributed by atoms with van der Waals surface area (Å²) in [6.07, 6.45) is 4.61. The van der Waals surface area contributed by atoms with E-state index in [4.69, 9.17) is 5.11 Å². The van der Waals surface area contributed by atoms with Crippen molar-refractivity contribution >= 4 is 36.7 Å². The second-order valence-corrected chi connectivity index (χ2v) is 8.19. The van der Waals surface area contributed by atoms with Crippen LogP contribution < -0.4 is 5.32 Å². The topological polar surface area (TPSA) is 79.4 Å². The SMILES string of the molecule is CC(=O)N(CC(=O)O)N1CCC(CN2CCN(C3CCNCC3)CC2)CC1.Cl.Cl. The quantitative estimate of drug-likeness (QED) is 0.614. The molecule has 0 atom stereocenters. The smallest absolute Gasteiger partial charge is 0.324 e. The van der Waals surface area contributed by atoms with Gasteiger partial charge >= 0.3 is 5.97 Å². The molecule has 3 saturated heterocycles. The van der Waals surface area contributed by atoms with Crippen LogP contribution in [0.4, 0.5) is 0 Å². The molecule has 3 heterocycles. The maximum atomic E-state index is 11.7. The lowest BCUT2D eigenvalue weighted by Gasteiger charge is -2.43. The molecule has 3 fully saturated rings. The fourth-order valence-electron chi connectivity index (χ4n) is 4.73. The molecule has 0 bridgehead atoms. The number of piperidine rings is 2. The van der Waals surface area contributed by atoms with Gasteiger partial charge in [-0.2, -0.15) is 0 Å². The average Bonchev–Trinajstić information content (AvgIpc) is 2.68. The average molecular weight is 454 g/mol. The highest BCUT2D eigenvalue weighted by Crippen LogP contribution is 2.21. The highest BCUT2D eigenvalue weighted by molar-refractivity contribution is 5.85. The van der Waals surface area contributed by atoms with Gasteiger partial charge in [-0.15, -0.1) is 24.8 Å². The molecule has 2 N–H and O–H groups in total. The number of carboxylic acids is 1. The number of carboxylic acid groups (broad SMARTS) is 1. The third-order valence-corrected chi connectivity index (χ3v) is 6.33. The summed E-state index contributed by atoms with van der Waals surface area (Å²) >= 11 is 0. The van der Waals surface area contributed by atoms with E-state index < -0.39 is 5.97 Å². The van der Waals surface area contributed by atoms with Crippen LogP contribution in [0.25, 0.3) is 0 Å². The van der Waals surface area contributed by atoms with E-state index in [1.807, 2.05) is 5.01 Å². The van der Waals surface area contributed by atoms with Gasteiger partial charge in [0.25, 0.3) is 0 Å². The van der Waals surface area contributed by atoms with Crippen LogP contribution in [-0.4, -0.2) is 108 Å². The van der Waals surface area contributed by atoms with Crippen molar-refractivity contribution in [3.05, 3.63) is 0 Å². The van der Waals surface area contributed by atoms with Gasteiger partial charge in [0, 0.05) is 58.8 Å². The highest BCUT2D eigenvalue weighted by Gasteiger charge is 2.29. The summed E-state index contributed by atoms with van der Waals surface area (Å²) < 4.78 is 0. The third-order valence-electron chi connectivity index (χ3n) is 6.33. The molecule has 3 aliphatic heterocycles. The molecule has 0 saturated carbocycles. The minimum absolute atomic E-state index is 0. The molecule has 0 aromatic heterocycles. The minimum atomic E-state index is -0.959. The van der Waals surface area contributed by atoms with Crippen LogP contribution in [0.15, 0.2) is 0 Å². The van der Waals surface area contributed by atoms with Crippen LogP contribution >= 0.6 is 24.8 Å². The number of nitrogens with one attached hydrogen (secondary N) is 1. The minimum Gasteiger partial charge on any atom is -0.480 e. The first-order valence-corrected chi connectivity index (χ1v) is 10.4. The second-order valence-electron chi connectivity index (χ2n) is 8.19. The Morgan fingerprint density at radius 2 is 1.55 bits per heavy atom. The van der Waals surface area contributed by atoms with Crippen molar-refractivity contribution in [2.75, 3.05) is 65.4 Å². The fraction of sp³-hybridized carbons (Fsp3) is 0.895. The van der Waals surface area contributed by atoms with Crippen molar-refractivity contribution < 1.29 is 14.7 Å². The molecule has 3 rings (SSSR count). The molecular weight excluding hydrogens is 417 g/mol. The monoisotopic (exact) mass is 453 g/mol. The summed E-state index contributed by atoms with van der Waals surface area (Å²) in [5.74, 6) is -0.505. The van der Waals surface area contributed by atoms with E-state index in [0.717, 1.165) is 64.7 Å². The normalized spacial score (nSPS) is 23.1. The van der Waals surface area contributed by atoms with Crippen molar-refractivity contribution in [3.63, 3.8) is 0 Å². The zero-order valence-electron chi connectivity index (χ0n) is 17.4. The Labute approximate surface area is 186 Å². The number of nitrogens with zero attached hydrogens (tertiary/aromatic N) is 4. The molecule has 0 aliphatic carbocycles. The lowest BCUT2D eigenvalue weighted by atomic mass is 9.96. The van der Waals surface area contributed by atoms with Crippen molar-refractivity contribution in [1.82, 2.24) is 25.1 Å². The van der Waals surface area contributed by atoms with Crippen LogP contribution in [0.3, 0.4) is 0 Å². The van der Waals surface area contributed by atoms with Crippen molar-refractivity contribution in [1.29, 1.82) is 0 Å². The summed E-state index contributed by atoms with van der Waals surface area (Å²) in [5.41, 5.74) is 0. The van der Waals surface area contributed by atoms with E-state index in [0.29, 0.717) is 5.92 Å². The van der Waals surface area contributed by atoms with E-state index in [9.17, 15) is 9.59 Å². The first-order valence-electron chi connectivity index (χ1n) is 10.4. The molecule has 0 unspecified atom stereocenters. The molecule has 1 amide bonds. The molecular formula is C19H37Cl2N5O3. The summed E-state index contributed by atoms with van der Waals surface area (Å²) in [5, 5.41) is 15.8. The maximum absolute atomic E-state index is 11.7. The molecule has 0 spiro atoms. The van der Waals surface area contributed by atoms with Gasteiger partial charge in [-0.3, -0.25) is 19.5 Å². The first kappa shape index (κ1) is 26.4. The highest BCUT2D eigenvalue weighted by atomic mass is 35.5. The number of hydrogen-bond donors (Lipinski definition) is 2. The van der Waals surface area contributed by atoms with Gasteiger partial charge in [0.15, 0.2) is 0 Å². The van der Waals surface area contributed by atoms with Gasteiger partial charge in [-0.25, -0.2) is 5.01 Å². The van der Waals surface area contributed by atoms with Gasteiger partial charge in [-0.05, 0) is 44.7 Å². The number of hydrogen-bond acceptors (Lipinski definition) is 6. The van der Waals surface area contributed by atoms with Crippen molar-refractivity contribution in [2.45, 2.75) is 38.6 Å². The number of rotatable bonds is 6. The first-order chi connectivity index (χ1) is 13.0. The van der Waals surface area contributed by atoms with Gasteiger partial charge < -0.3 is 15.3 Å². The van der Waals surface area contributed by atoms with Crippen LogP contribution in [0, 0.1) is 5.92 Å². The van der Waals surface area contributed by atoms with Crippen LogP contribution in [0.5, 0.6) is 0 Å². The Kier molecular flexibility index (Phi) is 11.8. The molecule has 170 valence electrons. The summed E-state index contributed by atoms with van der Waals surface area (Å²) in [6.45, 7) is 10.9. The Hall–Kier alpha value is -0.640. The van der Waals surface area contributed by atoms with E-state index >= 15 is 0 Å². The second kappa shape index (κ2) is 12.9. The van der Waals surface area contributed by atoms with E-state index in [1.54, 1.807) is 0 Å². The summed E-state index contributed by atoms with van der Waals surface area (Å²) in [4.78, 5) is 28.0. The predicted octanol–water partition coefficient (Wildman–Crippen LogP) is 0.760. The maximum Gasteiger partial charge on any atom is 0.324 e. The number of halogens is 2. The largest absolute Gasteiger partial charge is 0.480 e. The molecule has 8 nitrogen and oxygen atoms in total. The van der Waals surface area contributed by atoms with Gasteiger partial charge in [0.05, 0.1) is 0 Å². The molecule has 3 aliphatic rings. The fourth-order valence-corrected chi connectivity index (χ4v) is 4.73. The van der Waals surface area contributed by atoms with Crippen LogP contribution in [0.1, 0.15) is 32.6 Å². The zero-order valence-corrected chi connectivity index (χ0v) is 19.1. The molecule has 0 radical (unpaired) electrons. The number of aliphatic carboxylic acids is 1. The number of amides is 1. The summed E-state index contributed by atoms with van der Waals surface area (Å²) in [7, 11) is 0. The standard InChI is InChI=1S/C19H35N5O3.2ClH/c1-16(25)24(15-19(26)27)23-8-4-17(5-9-23)14-21-10-12-22(13-11-21)18-2-6-20-7-3-18;;/h17-18,20H,2-15H2,1H3,(H,26,27);2*1H. The Morgan fingerprint density at radius 1 is 0.966 bits per heavy atom. The molecule has 10 heteroatoms.